The molecule has 1 atom stereocenters. The van der Waals surface area contributed by atoms with Gasteiger partial charge in [-0.25, -0.2) is 4.98 Å². The quantitative estimate of drug-likeness (QED) is 0.788. The van der Waals surface area contributed by atoms with Crippen LogP contribution in [0.2, 0.25) is 0 Å². The minimum Gasteiger partial charge on any atom is -0.397 e. The summed E-state index contributed by atoms with van der Waals surface area (Å²) in [5, 5.41) is 0. The Labute approximate surface area is 120 Å². The third kappa shape index (κ3) is 3.98. The van der Waals surface area contributed by atoms with Gasteiger partial charge < -0.3 is 25.6 Å². The molecular formula is C14H26N5O+. The maximum atomic E-state index is 6.01. The molecule has 1 aromatic heterocycles. The smallest absolute Gasteiger partial charge is 0.152 e. The number of hydrogen-bond donors (Lipinski definition) is 2. The van der Waals surface area contributed by atoms with Crippen molar-refractivity contribution in [2.45, 2.75) is 12.5 Å². The predicted molar refractivity (Wildman–Crippen MR) is 82.5 cm³/mol. The average Bonchev–Trinajstić information content (AvgIpc) is 2.36. The molecule has 0 aromatic carbocycles. The van der Waals surface area contributed by atoms with Gasteiger partial charge in [0.25, 0.3) is 0 Å². The van der Waals surface area contributed by atoms with Crippen LogP contribution in [0.25, 0.3) is 0 Å². The molecule has 2 heterocycles. The SMILES string of the molecule is C[N+](C)(C)CCC1CN(c2ncc(N)cc2N)CCO1. The highest BCUT2D eigenvalue weighted by Crippen LogP contribution is 2.24. The normalized spacial score (nSPS) is 20.1. The maximum absolute atomic E-state index is 6.01. The first kappa shape index (κ1) is 14.9. The van der Waals surface area contributed by atoms with Crippen molar-refractivity contribution in [2.75, 3.05) is 63.8 Å². The molecule has 4 N–H and O–H groups in total. The highest BCUT2D eigenvalue weighted by Gasteiger charge is 2.24. The average molecular weight is 280 g/mol. The lowest BCUT2D eigenvalue weighted by atomic mass is 10.2. The van der Waals surface area contributed by atoms with Crippen molar-refractivity contribution in [1.82, 2.24) is 4.98 Å². The molecule has 2 rings (SSSR count). The van der Waals surface area contributed by atoms with Gasteiger partial charge in [-0.05, 0) is 6.07 Å². The van der Waals surface area contributed by atoms with Gasteiger partial charge in [0.05, 0.1) is 58.0 Å². The zero-order valence-corrected chi connectivity index (χ0v) is 12.7. The van der Waals surface area contributed by atoms with Gasteiger partial charge in [-0.2, -0.15) is 0 Å². The summed E-state index contributed by atoms with van der Waals surface area (Å²) in [6, 6.07) is 1.76. The molecule has 6 heteroatoms. The molecule has 6 nitrogen and oxygen atoms in total. The van der Waals surface area contributed by atoms with Gasteiger partial charge in [-0.3, -0.25) is 0 Å². The second-order valence-corrected chi connectivity index (χ2v) is 6.42. The van der Waals surface area contributed by atoms with E-state index in [1.165, 1.54) is 0 Å². The van der Waals surface area contributed by atoms with Gasteiger partial charge in [0.1, 0.15) is 0 Å². The summed E-state index contributed by atoms with van der Waals surface area (Å²) in [4.78, 5) is 6.55. The fourth-order valence-electron chi connectivity index (χ4n) is 2.37. The van der Waals surface area contributed by atoms with E-state index in [9.17, 15) is 0 Å². The van der Waals surface area contributed by atoms with E-state index >= 15 is 0 Å². The number of aromatic nitrogens is 1. The molecular weight excluding hydrogens is 254 g/mol. The maximum Gasteiger partial charge on any atom is 0.152 e. The molecule has 0 amide bonds. The van der Waals surface area contributed by atoms with Crippen molar-refractivity contribution in [3.8, 4) is 0 Å². The summed E-state index contributed by atoms with van der Waals surface area (Å²) in [5.74, 6) is 0.817. The third-order valence-electron chi connectivity index (χ3n) is 3.48. The minimum atomic E-state index is 0.236. The fraction of sp³-hybridized carbons (Fsp3) is 0.643. The minimum absolute atomic E-state index is 0.236. The lowest BCUT2D eigenvalue weighted by molar-refractivity contribution is -0.870. The Morgan fingerprint density at radius 1 is 1.40 bits per heavy atom. The summed E-state index contributed by atoms with van der Waals surface area (Å²) in [7, 11) is 6.58. The molecule has 0 saturated carbocycles. The zero-order chi connectivity index (χ0) is 14.8. The Morgan fingerprint density at radius 3 is 2.80 bits per heavy atom. The molecule has 1 aliphatic heterocycles. The van der Waals surface area contributed by atoms with E-state index in [0.717, 1.165) is 36.4 Å². The molecule has 1 aromatic rings. The summed E-state index contributed by atoms with van der Waals surface area (Å²) in [6.45, 7) is 3.46. The third-order valence-corrected chi connectivity index (χ3v) is 3.48. The number of quaternary nitrogens is 1. The van der Waals surface area contributed by atoms with E-state index in [2.05, 4.69) is 31.0 Å². The molecule has 0 aliphatic carbocycles. The number of morpholine rings is 1. The first-order valence-corrected chi connectivity index (χ1v) is 7.03. The summed E-state index contributed by atoms with van der Waals surface area (Å²) < 4.78 is 6.79. The Hall–Kier alpha value is -1.53. The molecule has 112 valence electrons. The van der Waals surface area contributed by atoms with Crippen molar-refractivity contribution < 1.29 is 9.22 Å². The van der Waals surface area contributed by atoms with Crippen LogP contribution in [0, 0.1) is 0 Å². The van der Waals surface area contributed by atoms with Gasteiger partial charge in [-0.1, -0.05) is 0 Å². The van der Waals surface area contributed by atoms with E-state index in [1.54, 1.807) is 12.3 Å². The topological polar surface area (TPSA) is 77.4 Å². The first-order valence-electron chi connectivity index (χ1n) is 7.03. The highest BCUT2D eigenvalue weighted by atomic mass is 16.5. The first-order chi connectivity index (χ1) is 9.35. The van der Waals surface area contributed by atoms with Crippen LogP contribution in [0.1, 0.15) is 6.42 Å². The van der Waals surface area contributed by atoms with E-state index < -0.39 is 0 Å². The number of rotatable bonds is 4. The van der Waals surface area contributed by atoms with Crippen LogP contribution < -0.4 is 16.4 Å². The number of ether oxygens (including phenoxy) is 1. The van der Waals surface area contributed by atoms with Crippen molar-refractivity contribution in [3.05, 3.63) is 12.3 Å². The molecule has 1 saturated heterocycles. The zero-order valence-electron chi connectivity index (χ0n) is 12.7. The molecule has 0 spiro atoms. The van der Waals surface area contributed by atoms with Crippen LogP contribution in [-0.4, -0.2) is 63.0 Å². The second kappa shape index (κ2) is 5.85. The van der Waals surface area contributed by atoms with Crippen LogP contribution in [0.3, 0.4) is 0 Å². The fourth-order valence-corrected chi connectivity index (χ4v) is 2.37. The summed E-state index contributed by atoms with van der Waals surface area (Å²) >= 11 is 0. The van der Waals surface area contributed by atoms with Gasteiger partial charge in [0.15, 0.2) is 5.82 Å². The Balaban J connectivity index is 1.99. The van der Waals surface area contributed by atoms with E-state index in [1.807, 2.05) is 0 Å². The number of pyridine rings is 1. The Morgan fingerprint density at radius 2 is 2.15 bits per heavy atom. The highest BCUT2D eigenvalue weighted by molar-refractivity contribution is 5.67. The molecule has 1 fully saturated rings. The van der Waals surface area contributed by atoms with Crippen LogP contribution in [0.15, 0.2) is 12.3 Å². The Bertz CT molecular complexity index is 457. The molecule has 1 unspecified atom stereocenters. The largest absolute Gasteiger partial charge is 0.397 e. The number of nitrogen functional groups attached to an aromatic ring is 2. The monoisotopic (exact) mass is 280 g/mol. The standard InChI is InChI=1S/C14H26N5O/c1-19(2,3)6-4-12-10-18(5-7-20-12)14-13(16)8-11(15)9-17-14/h8-9,12H,4-7,10,15-16H2,1-3H3/q+1. The molecule has 0 bridgehead atoms. The van der Waals surface area contributed by atoms with Crippen LogP contribution >= 0.6 is 0 Å². The van der Waals surface area contributed by atoms with Crippen molar-refractivity contribution in [1.29, 1.82) is 0 Å². The van der Waals surface area contributed by atoms with Crippen LogP contribution in [-0.2, 0) is 4.74 Å². The molecule has 20 heavy (non-hydrogen) atoms. The summed E-state index contributed by atoms with van der Waals surface area (Å²) in [5.41, 5.74) is 12.9. The number of nitrogens with zero attached hydrogens (tertiary/aromatic N) is 3. The van der Waals surface area contributed by atoms with E-state index in [-0.39, 0.29) is 6.10 Å². The van der Waals surface area contributed by atoms with Gasteiger partial charge >= 0.3 is 0 Å². The second-order valence-electron chi connectivity index (χ2n) is 6.42. The predicted octanol–water partition coefficient (Wildman–Crippen LogP) is 0.548. The number of anilines is 3. The van der Waals surface area contributed by atoms with E-state index in [4.69, 9.17) is 16.2 Å². The number of hydrogen-bond acceptors (Lipinski definition) is 5. The van der Waals surface area contributed by atoms with Gasteiger partial charge in [-0.15, -0.1) is 0 Å². The molecule has 1 aliphatic rings. The Kier molecular flexibility index (Phi) is 4.35. The summed E-state index contributed by atoms with van der Waals surface area (Å²) in [6.07, 6.45) is 2.93. The van der Waals surface area contributed by atoms with Gasteiger partial charge in [0, 0.05) is 19.5 Å². The lowest BCUT2D eigenvalue weighted by Gasteiger charge is -2.35. The van der Waals surface area contributed by atoms with E-state index in [0.29, 0.717) is 18.0 Å². The molecule has 0 radical (unpaired) electrons. The van der Waals surface area contributed by atoms with Crippen molar-refractivity contribution in [3.63, 3.8) is 0 Å². The van der Waals surface area contributed by atoms with Gasteiger partial charge in [0.2, 0.25) is 0 Å². The number of nitrogens with two attached hydrogens (primary N) is 2. The van der Waals surface area contributed by atoms with Crippen molar-refractivity contribution in [2.24, 2.45) is 0 Å². The van der Waals surface area contributed by atoms with Crippen LogP contribution in [0.5, 0.6) is 0 Å². The van der Waals surface area contributed by atoms with Crippen LogP contribution in [0.4, 0.5) is 17.2 Å². The van der Waals surface area contributed by atoms with Crippen molar-refractivity contribution >= 4 is 17.2 Å². The lowest BCUT2D eigenvalue weighted by Crippen LogP contribution is -2.46.